The molecule has 0 N–H and O–H groups in total. The molecule has 0 atom stereocenters. The lowest BCUT2D eigenvalue weighted by molar-refractivity contribution is 0.447. The van der Waals surface area contributed by atoms with E-state index >= 15 is 8.78 Å². The van der Waals surface area contributed by atoms with Gasteiger partial charge in [-0.25, -0.2) is 13.2 Å². The van der Waals surface area contributed by atoms with Crippen LogP contribution in [0.1, 0.15) is 0 Å². The van der Waals surface area contributed by atoms with E-state index in [1.165, 1.54) is 0 Å². The summed E-state index contributed by atoms with van der Waals surface area (Å²) in [6.45, 7) is 0. The molecule has 12 rings (SSSR count). The van der Waals surface area contributed by atoms with Crippen molar-refractivity contribution in [2.75, 3.05) is 9.80 Å². The molecule has 0 aliphatic rings. The van der Waals surface area contributed by atoms with Gasteiger partial charge in [-0.3, -0.25) is 9.97 Å². The molecule has 0 aliphatic heterocycles. The van der Waals surface area contributed by atoms with Crippen LogP contribution in [0.4, 0.5) is 47.3 Å². The summed E-state index contributed by atoms with van der Waals surface area (Å²) >= 11 is 0. The topological polar surface area (TPSA) is 42.1 Å². The minimum Gasteiger partial charge on any atom is -0.310 e. The molecule has 0 saturated carbocycles. The number of nitrogens with zero attached hydrogens (tertiary/aromatic N) is 6. The molecular weight excluding hydrogens is 838 g/mol. The Morgan fingerprint density at radius 2 is 0.687 bits per heavy atom. The molecule has 0 radical (unpaired) electrons. The number of pyridine rings is 2. The monoisotopic (exact) mass is 874 g/mol. The maximum atomic E-state index is 15.2. The quantitative estimate of drug-likeness (QED) is 0.136. The van der Waals surface area contributed by atoms with Gasteiger partial charge in [-0.05, 0) is 139 Å². The van der Waals surface area contributed by atoms with E-state index in [1.54, 1.807) is 12.4 Å². The Labute approximate surface area is 383 Å². The van der Waals surface area contributed by atoms with Crippen LogP contribution in [-0.4, -0.2) is 19.1 Å². The lowest BCUT2D eigenvalue weighted by atomic mass is 10.0. The van der Waals surface area contributed by atoms with Gasteiger partial charge >= 0.3 is 0 Å². The third kappa shape index (κ3) is 6.83. The number of para-hydroxylation sites is 4. The summed E-state index contributed by atoms with van der Waals surface area (Å²) in [6.07, 6.45) is 7.27. The fraction of sp³-hybridized carbons (Fsp3) is 0. The lowest BCUT2D eigenvalue weighted by Crippen LogP contribution is -2.09. The zero-order valence-electron chi connectivity index (χ0n) is 35.7. The van der Waals surface area contributed by atoms with E-state index in [9.17, 15) is 4.39 Å². The van der Waals surface area contributed by atoms with E-state index in [2.05, 4.69) is 120 Å². The smallest absolute Gasteiger partial charge is 0.194 e. The number of halogens is 3. The predicted molar refractivity (Wildman–Crippen MR) is 265 cm³/mol. The van der Waals surface area contributed by atoms with E-state index in [1.807, 2.05) is 109 Å². The van der Waals surface area contributed by atoms with Crippen molar-refractivity contribution in [2.24, 2.45) is 0 Å². The molecule has 6 nitrogen and oxygen atoms in total. The number of anilines is 6. The third-order valence-electron chi connectivity index (χ3n) is 12.4. The molecule has 0 amide bonds. The van der Waals surface area contributed by atoms with Crippen molar-refractivity contribution < 1.29 is 13.2 Å². The van der Waals surface area contributed by atoms with Crippen molar-refractivity contribution in [3.8, 4) is 22.5 Å². The number of benzene rings is 8. The van der Waals surface area contributed by atoms with Gasteiger partial charge in [-0.15, -0.1) is 0 Å². The van der Waals surface area contributed by atoms with Crippen molar-refractivity contribution in [1.82, 2.24) is 19.1 Å². The highest BCUT2D eigenvalue weighted by molar-refractivity contribution is 6.12. The third-order valence-corrected chi connectivity index (χ3v) is 12.4. The second-order valence-electron chi connectivity index (χ2n) is 16.4. The summed E-state index contributed by atoms with van der Waals surface area (Å²) in [5.74, 6) is -4.05. The van der Waals surface area contributed by atoms with Gasteiger partial charge in [-0.2, -0.15) is 0 Å². The fourth-order valence-electron chi connectivity index (χ4n) is 9.49. The number of fused-ring (bicyclic) bond motifs is 6. The van der Waals surface area contributed by atoms with Crippen LogP contribution in [0.15, 0.2) is 225 Å². The Morgan fingerprint density at radius 1 is 0.328 bits per heavy atom. The summed E-state index contributed by atoms with van der Waals surface area (Å²) < 4.78 is 49.2. The van der Waals surface area contributed by atoms with Gasteiger partial charge in [0, 0.05) is 91.8 Å². The molecule has 0 unspecified atom stereocenters. The average molecular weight is 875 g/mol. The molecular formula is C58H37F3N6. The molecule has 9 heteroatoms. The van der Waals surface area contributed by atoms with Crippen LogP contribution in [0.25, 0.3) is 66.1 Å². The van der Waals surface area contributed by atoms with Crippen LogP contribution in [0.3, 0.4) is 0 Å². The first-order chi connectivity index (χ1) is 33.0. The van der Waals surface area contributed by atoms with E-state index in [0.29, 0.717) is 5.56 Å². The Hall–Kier alpha value is -8.95. The first-order valence-electron chi connectivity index (χ1n) is 21.9. The molecule has 0 spiro atoms. The highest BCUT2D eigenvalue weighted by Crippen LogP contribution is 2.43. The summed E-state index contributed by atoms with van der Waals surface area (Å²) in [5.41, 5.74) is 11.6. The Kier molecular flexibility index (Phi) is 9.61. The molecule has 12 aromatic rings. The molecule has 320 valence electrons. The highest BCUT2D eigenvalue weighted by atomic mass is 19.2. The second-order valence-corrected chi connectivity index (χ2v) is 16.4. The predicted octanol–water partition coefficient (Wildman–Crippen LogP) is 15.7. The van der Waals surface area contributed by atoms with Gasteiger partial charge < -0.3 is 18.9 Å². The van der Waals surface area contributed by atoms with Gasteiger partial charge in [0.15, 0.2) is 17.5 Å². The molecule has 4 aromatic heterocycles. The van der Waals surface area contributed by atoms with Crippen molar-refractivity contribution in [1.29, 1.82) is 0 Å². The standard InChI is InChI=1S/C58H37F3N6/c59-52-31-39(32-53(60)58(52)61)38-29-46(66-54-23-21-44(34-48(54)50-36-62-27-25-56(50)66)64(40-13-5-1-6-14-40)41-15-7-2-8-16-41)33-47(30-38)67-55-24-22-45(35-49(55)51-37-63-28-26-57(51)67)65(42-17-9-3-10-18-42)43-19-11-4-12-20-43/h1-37H. The van der Waals surface area contributed by atoms with Crippen LogP contribution in [-0.2, 0) is 0 Å². The van der Waals surface area contributed by atoms with Crippen LogP contribution in [0, 0.1) is 17.5 Å². The van der Waals surface area contributed by atoms with E-state index in [0.717, 1.165) is 101 Å². The summed E-state index contributed by atoms with van der Waals surface area (Å²) in [7, 11) is 0. The van der Waals surface area contributed by atoms with Crippen molar-refractivity contribution in [3.63, 3.8) is 0 Å². The van der Waals surface area contributed by atoms with Crippen LogP contribution < -0.4 is 9.80 Å². The normalized spacial score (nSPS) is 11.5. The van der Waals surface area contributed by atoms with Gasteiger partial charge in [-0.1, -0.05) is 72.8 Å². The number of aromatic nitrogens is 4. The number of hydrogen-bond acceptors (Lipinski definition) is 4. The Balaban J connectivity index is 1.10. The van der Waals surface area contributed by atoms with Gasteiger partial charge in [0.1, 0.15) is 0 Å². The Bertz CT molecular complexity index is 3480. The van der Waals surface area contributed by atoms with Crippen LogP contribution in [0.2, 0.25) is 0 Å². The summed E-state index contributed by atoms with van der Waals surface area (Å²) in [4.78, 5) is 13.6. The van der Waals surface area contributed by atoms with Gasteiger partial charge in [0.05, 0.1) is 22.1 Å². The summed E-state index contributed by atoms with van der Waals surface area (Å²) in [6, 6.07) is 65.6. The first kappa shape index (κ1) is 39.6. The Morgan fingerprint density at radius 3 is 1.07 bits per heavy atom. The maximum Gasteiger partial charge on any atom is 0.194 e. The van der Waals surface area contributed by atoms with Crippen molar-refractivity contribution in [2.45, 2.75) is 0 Å². The van der Waals surface area contributed by atoms with E-state index in [-0.39, 0.29) is 5.56 Å². The highest BCUT2D eigenvalue weighted by Gasteiger charge is 2.22. The molecule has 8 aromatic carbocycles. The fourth-order valence-corrected chi connectivity index (χ4v) is 9.49. The molecule has 4 heterocycles. The minimum absolute atomic E-state index is 0.191. The number of hydrogen-bond donors (Lipinski definition) is 0. The SMILES string of the molecule is Fc1cc(-c2cc(-n3c4ccncc4c4cc(N(c5ccccc5)c5ccccc5)ccc43)cc(-n3c4ccncc4c4cc(N(c5ccccc5)c5ccccc5)ccc43)c2)cc(F)c1F. The molecule has 0 bridgehead atoms. The lowest BCUT2D eigenvalue weighted by Gasteiger charge is -2.25. The van der Waals surface area contributed by atoms with Gasteiger partial charge in [0.2, 0.25) is 0 Å². The maximum absolute atomic E-state index is 15.2. The van der Waals surface area contributed by atoms with Gasteiger partial charge in [0.25, 0.3) is 0 Å². The zero-order valence-corrected chi connectivity index (χ0v) is 35.7. The van der Waals surface area contributed by atoms with Crippen molar-refractivity contribution >= 4 is 77.7 Å². The van der Waals surface area contributed by atoms with Crippen LogP contribution >= 0.6 is 0 Å². The summed E-state index contributed by atoms with van der Waals surface area (Å²) in [5, 5.41) is 3.76. The van der Waals surface area contributed by atoms with Crippen molar-refractivity contribution in [3.05, 3.63) is 242 Å². The second kappa shape index (κ2) is 16.2. The largest absolute Gasteiger partial charge is 0.310 e. The molecule has 67 heavy (non-hydrogen) atoms. The molecule has 0 aliphatic carbocycles. The number of rotatable bonds is 9. The first-order valence-corrected chi connectivity index (χ1v) is 21.9. The molecule has 0 fully saturated rings. The molecule has 0 saturated heterocycles. The van der Waals surface area contributed by atoms with E-state index < -0.39 is 17.5 Å². The minimum atomic E-state index is -1.52. The van der Waals surface area contributed by atoms with E-state index in [4.69, 9.17) is 0 Å². The average Bonchev–Trinajstić information content (AvgIpc) is 3.89. The zero-order chi connectivity index (χ0) is 45.0. The van der Waals surface area contributed by atoms with Crippen LogP contribution in [0.5, 0.6) is 0 Å².